The molecule has 7 rings (SSSR count). The summed E-state index contributed by atoms with van der Waals surface area (Å²) in [4.78, 5) is 36.2. The first-order chi connectivity index (χ1) is 23.3. The van der Waals surface area contributed by atoms with E-state index in [0.29, 0.717) is 45.2 Å². The van der Waals surface area contributed by atoms with Crippen molar-refractivity contribution >= 4 is 29.4 Å². The van der Waals surface area contributed by atoms with Gasteiger partial charge in [-0.3, -0.25) is 9.69 Å². The Morgan fingerprint density at radius 3 is 2.47 bits per heavy atom. The fraction of sp³-hybridized carbons (Fsp3) is 0.514. The summed E-state index contributed by atoms with van der Waals surface area (Å²) in [6.45, 7) is 12.5. The van der Waals surface area contributed by atoms with Crippen LogP contribution in [0.4, 0.5) is 15.0 Å². The Hall–Kier alpha value is -4.23. The third kappa shape index (κ3) is 6.70. The van der Waals surface area contributed by atoms with Crippen molar-refractivity contribution in [3.63, 3.8) is 0 Å². The zero-order chi connectivity index (χ0) is 34.7. The molecule has 3 aliphatic heterocycles. The van der Waals surface area contributed by atoms with Gasteiger partial charge in [-0.25, -0.2) is 9.18 Å². The number of anilines is 1. The maximum absolute atomic E-state index is 14.4. The molecule has 2 saturated heterocycles. The third-order valence-corrected chi connectivity index (χ3v) is 9.69. The highest BCUT2D eigenvalue weighted by atomic mass is 35.5. The van der Waals surface area contributed by atoms with Crippen LogP contribution in [0.1, 0.15) is 68.9 Å². The van der Waals surface area contributed by atoms with Crippen molar-refractivity contribution in [3.8, 4) is 17.5 Å². The van der Waals surface area contributed by atoms with E-state index in [1.807, 2.05) is 57.7 Å². The van der Waals surface area contributed by atoms with E-state index in [1.165, 1.54) is 12.1 Å². The number of carbonyl (C=O) groups excluding carboxylic acids is 2. The fourth-order valence-electron chi connectivity index (χ4n) is 7.23. The first-order valence-corrected chi connectivity index (χ1v) is 16.9. The molecule has 0 radical (unpaired) electrons. The number of fused-ring (bicyclic) bond motifs is 1. The van der Waals surface area contributed by atoms with E-state index in [2.05, 4.69) is 15.2 Å². The predicted molar refractivity (Wildman–Crippen MR) is 177 cm³/mol. The first-order valence-electron chi connectivity index (χ1n) is 16.6. The minimum atomic E-state index is -0.562. The molecule has 4 heterocycles. The summed E-state index contributed by atoms with van der Waals surface area (Å²) in [6.07, 6.45) is 1.44. The summed E-state index contributed by atoms with van der Waals surface area (Å²) in [5, 5.41) is 8.19. The molecule has 2 atom stereocenters. The fourth-order valence-corrected chi connectivity index (χ4v) is 7.43. The quantitative estimate of drug-likeness (QED) is 0.304. The molecule has 4 aliphatic rings. The Kier molecular flexibility index (Phi) is 8.54. The number of aromatic nitrogens is 3. The smallest absolute Gasteiger partial charge is 0.410 e. The standard InChI is InChI=1S/C35H40ClFN6O6/c1-20-16-46-17-21(2)43(20)31(44)25-11-23(37)9-10-28(25)48-32-38-30(29(36)39-40-32)42-18-35(19-42)12-24(13-35)47-27-8-6-7-22-14-41(15-26(22)27)33(45)49-34(3,4)5/h6-11,20-21,24H,12-19H2,1-5H3/t20-,21-/m1/s1. The molecule has 1 saturated carbocycles. The lowest BCUT2D eigenvalue weighted by Gasteiger charge is -2.58. The lowest BCUT2D eigenvalue weighted by Crippen LogP contribution is -2.65. The Morgan fingerprint density at radius 1 is 1.02 bits per heavy atom. The van der Waals surface area contributed by atoms with Crippen LogP contribution >= 0.6 is 11.6 Å². The molecule has 3 aromatic rings. The molecule has 49 heavy (non-hydrogen) atoms. The summed E-state index contributed by atoms with van der Waals surface area (Å²) in [5.41, 5.74) is 1.65. The van der Waals surface area contributed by atoms with E-state index in [1.54, 1.807) is 9.80 Å². The van der Waals surface area contributed by atoms with Gasteiger partial charge < -0.3 is 28.7 Å². The zero-order valence-electron chi connectivity index (χ0n) is 28.2. The van der Waals surface area contributed by atoms with E-state index < -0.39 is 11.4 Å². The Labute approximate surface area is 289 Å². The molecule has 0 bridgehead atoms. The maximum atomic E-state index is 14.4. The van der Waals surface area contributed by atoms with Gasteiger partial charge in [-0.05, 0) is 77.3 Å². The lowest BCUT2D eigenvalue weighted by atomic mass is 9.61. The van der Waals surface area contributed by atoms with Gasteiger partial charge in [-0.1, -0.05) is 28.8 Å². The van der Waals surface area contributed by atoms with Gasteiger partial charge in [-0.2, -0.15) is 4.98 Å². The van der Waals surface area contributed by atoms with Gasteiger partial charge in [-0.15, -0.1) is 5.10 Å². The Bertz CT molecular complexity index is 1760. The second kappa shape index (κ2) is 12.6. The van der Waals surface area contributed by atoms with Crippen LogP contribution in [0.3, 0.4) is 0 Å². The number of rotatable bonds is 6. The predicted octanol–water partition coefficient (Wildman–Crippen LogP) is 6.00. The van der Waals surface area contributed by atoms with Crippen molar-refractivity contribution in [2.24, 2.45) is 5.41 Å². The molecular formula is C35H40ClFN6O6. The largest absolute Gasteiger partial charge is 0.490 e. The maximum Gasteiger partial charge on any atom is 0.410 e. The zero-order valence-corrected chi connectivity index (χ0v) is 29.0. The number of nitrogens with zero attached hydrogens (tertiary/aromatic N) is 6. The molecule has 2 amide bonds. The van der Waals surface area contributed by atoms with Crippen molar-refractivity contribution in [1.29, 1.82) is 0 Å². The number of hydrogen-bond acceptors (Lipinski definition) is 10. The van der Waals surface area contributed by atoms with Crippen molar-refractivity contribution in [2.75, 3.05) is 31.2 Å². The molecule has 1 aromatic heterocycles. The Balaban J connectivity index is 0.979. The molecule has 14 heteroatoms. The van der Waals surface area contributed by atoms with Gasteiger partial charge in [0.1, 0.15) is 29.0 Å². The summed E-state index contributed by atoms with van der Waals surface area (Å²) in [6, 6.07) is 9.24. The van der Waals surface area contributed by atoms with Crippen LogP contribution in [-0.4, -0.2) is 87.1 Å². The van der Waals surface area contributed by atoms with E-state index in [0.717, 1.165) is 35.8 Å². The van der Waals surface area contributed by atoms with Crippen molar-refractivity contribution in [1.82, 2.24) is 25.0 Å². The van der Waals surface area contributed by atoms with E-state index in [9.17, 15) is 14.0 Å². The molecule has 1 spiro atoms. The van der Waals surface area contributed by atoms with E-state index in [4.69, 9.17) is 30.5 Å². The molecule has 2 aromatic carbocycles. The normalized spacial score (nSPS) is 21.6. The van der Waals surface area contributed by atoms with Crippen LogP contribution < -0.4 is 14.4 Å². The summed E-state index contributed by atoms with van der Waals surface area (Å²) < 4.78 is 37.9. The highest BCUT2D eigenvalue weighted by Gasteiger charge is 2.54. The Morgan fingerprint density at radius 2 is 1.76 bits per heavy atom. The molecular weight excluding hydrogens is 655 g/mol. The number of benzene rings is 2. The summed E-state index contributed by atoms with van der Waals surface area (Å²) >= 11 is 6.44. The summed E-state index contributed by atoms with van der Waals surface area (Å²) in [5.74, 6) is 0.421. The average Bonchev–Trinajstić information content (AvgIpc) is 3.44. The van der Waals surface area contributed by atoms with Gasteiger partial charge in [0.05, 0.1) is 37.4 Å². The highest BCUT2D eigenvalue weighted by molar-refractivity contribution is 6.31. The van der Waals surface area contributed by atoms with Crippen LogP contribution in [0.15, 0.2) is 36.4 Å². The van der Waals surface area contributed by atoms with E-state index in [-0.39, 0.29) is 58.1 Å². The van der Waals surface area contributed by atoms with Crippen LogP contribution in [0.5, 0.6) is 17.5 Å². The van der Waals surface area contributed by atoms with Gasteiger partial charge in [0, 0.05) is 30.6 Å². The first kappa shape index (κ1) is 33.3. The van der Waals surface area contributed by atoms with Crippen LogP contribution in [0.2, 0.25) is 5.15 Å². The molecule has 12 nitrogen and oxygen atoms in total. The van der Waals surface area contributed by atoms with Crippen LogP contribution in [-0.2, 0) is 22.6 Å². The van der Waals surface area contributed by atoms with Crippen LogP contribution in [0, 0.1) is 11.2 Å². The molecule has 260 valence electrons. The second-order valence-corrected chi connectivity index (χ2v) is 15.0. The third-order valence-electron chi connectivity index (χ3n) is 9.44. The number of carbonyl (C=O) groups is 2. The minimum Gasteiger partial charge on any atom is -0.490 e. The summed E-state index contributed by atoms with van der Waals surface area (Å²) in [7, 11) is 0. The molecule has 3 fully saturated rings. The van der Waals surface area contributed by atoms with Gasteiger partial charge in [0.25, 0.3) is 5.91 Å². The van der Waals surface area contributed by atoms with Gasteiger partial charge >= 0.3 is 12.1 Å². The SMILES string of the molecule is C[C@@H]1COC[C@@H](C)N1C(=O)c1cc(F)ccc1Oc1nnc(Cl)c(N2CC3(CC(Oc4cccc5c4CN(C(=O)OC(C)(C)C)C5)C3)C2)n1. The topological polar surface area (TPSA) is 119 Å². The molecule has 0 unspecified atom stereocenters. The van der Waals surface area contributed by atoms with Crippen molar-refractivity contribution in [3.05, 3.63) is 64.1 Å². The van der Waals surface area contributed by atoms with Crippen molar-refractivity contribution < 1.29 is 32.9 Å². The van der Waals surface area contributed by atoms with E-state index >= 15 is 0 Å². The van der Waals surface area contributed by atoms with Gasteiger partial charge in [0.2, 0.25) is 0 Å². The minimum absolute atomic E-state index is 0.0495. The van der Waals surface area contributed by atoms with Crippen LogP contribution in [0.25, 0.3) is 0 Å². The van der Waals surface area contributed by atoms with Crippen molar-refractivity contribution in [2.45, 2.75) is 84.3 Å². The number of ether oxygens (including phenoxy) is 4. The average molecular weight is 695 g/mol. The van der Waals surface area contributed by atoms with Gasteiger partial charge in [0.15, 0.2) is 11.0 Å². The molecule has 0 N–H and O–H groups in total. The monoisotopic (exact) mass is 694 g/mol. The number of halogens is 2. The number of amides is 2. The molecule has 1 aliphatic carbocycles. The second-order valence-electron chi connectivity index (χ2n) is 14.6. The number of hydrogen-bond donors (Lipinski definition) is 0. The lowest BCUT2D eigenvalue weighted by molar-refractivity contribution is -0.0348. The highest BCUT2D eigenvalue weighted by Crippen LogP contribution is 2.52. The number of morpholine rings is 1.